The predicted octanol–water partition coefficient (Wildman–Crippen LogP) is 2.90. The van der Waals surface area contributed by atoms with Crippen LogP contribution in [0.1, 0.15) is 35.2 Å². The molecule has 3 rings (SSSR count). The van der Waals surface area contributed by atoms with Gasteiger partial charge in [-0.15, -0.1) is 0 Å². The summed E-state index contributed by atoms with van der Waals surface area (Å²) in [5, 5.41) is 0. The van der Waals surface area contributed by atoms with Crippen molar-refractivity contribution in [2.24, 2.45) is 0 Å². The molecule has 0 amide bonds. The van der Waals surface area contributed by atoms with E-state index >= 15 is 0 Å². The molecule has 0 saturated carbocycles. The average molecular weight is 471 g/mol. The van der Waals surface area contributed by atoms with E-state index in [0.29, 0.717) is 18.7 Å². The molecule has 1 heterocycles. The molecule has 1 N–H and O–H groups in total. The second kappa shape index (κ2) is 8.93. The number of sulfonamides is 2. The van der Waals surface area contributed by atoms with Gasteiger partial charge in [-0.25, -0.2) is 26.0 Å². The minimum Gasteiger partial charge on any atom is -0.465 e. The monoisotopic (exact) mass is 470 g/mol. The van der Waals surface area contributed by atoms with E-state index in [1.165, 1.54) is 22.5 Å². The molecule has 31 heavy (non-hydrogen) atoms. The van der Waals surface area contributed by atoms with E-state index in [1.807, 2.05) is 0 Å². The van der Waals surface area contributed by atoms with Gasteiger partial charge >= 0.3 is 5.97 Å². The number of piperidine rings is 1. The third-order valence-corrected chi connectivity index (χ3v) is 8.45. The highest BCUT2D eigenvalue weighted by Gasteiger charge is 2.28. The molecule has 2 aromatic carbocycles. The van der Waals surface area contributed by atoms with E-state index in [9.17, 15) is 26.0 Å². The maximum atomic E-state index is 14.2. The molecule has 8 nitrogen and oxygen atoms in total. The molecule has 11 heteroatoms. The molecule has 0 atom stereocenters. The Balaban J connectivity index is 1.96. The number of hydrogen-bond acceptors (Lipinski definition) is 6. The molecule has 0 aliphatic carbocycles. The van der Waals surface area contributed by atoms with Crippen LogP contribution in [0.2, 0.25) is 0 Å². The zero-order valence-electron chi connectivity index (χ0n) is 17.1. The number of nitrogens with one attached hydrogen (secondary N) is 1. The highest BCUT2D eigenvalue weighted by molar-refractivity contribution is 7.92. The Morgan fingerprint density at radius 2 is 1.68 bits per heavy atom. The topological polar surface area (TPSA) is 110 Å². The number of carbonyl (C=O) groups excluding carboxylic acids is 1. The third-order valence-electron chi connectivity index (χ3n) is 5.02. The van der Waals surface area contributed by atoms with Crippen molar-refractivity contribution in [1.29, 1.82) is 0 Å². The number of esters is 1. The summed E-state index contributed by atoms with van der Waals surface area (Å²) in [5.41, 5.74) is 0.290. The van der Waals surface area contributed by atoms with E-state index in [-0.39, 0.29) is 16.1 Å². The number of halogens is 1. The number of benzene rings is 2. The summed E-state index contributed by atoms with van der Waals surface area (Å²) in [7, 11) is -7.13. The van der Waals surface area contributed by atoms with Crippen LogP contribution in [-0.2, 0) is 24.8 Å². The zero-order valence-corrected chi connectivity index (χ0v) is 18.7. The zero-order chi connectivity index (χ0) is 22.8. The molecule has 2 aromatic rings. The van der Waals surface area contributed by atoms with Gasteiger partial charge in [0.2, 0.25) is 10.0 Å². The maximum Gasteiger partial charge on any atom is 0.337 e. The van der Waals surface area contributed by atoms with Gasteiger partial charge in [-0.1, -0.05) is 12.5 Å². The number of nitrogens with zero attached hydrogens (tertiary/aromatic N) is 1. The van der Waals surface area contributed by atoms with Gasteiger partial charge in [0.05, 0.1) is 23.3 Å². The summed E-state index contributed by atoms with van der Waals surface area (Å²) < 4.78 is 74.0. The number of anilines is 1. The summed E-state index contributed by atoms with van der Waals surface area (Å²) in [4.78, 5) is 10.9. The van der Waals surface area contributed by atoms with Crippen LogP contribution in [0.25, 0.3) is 0 Å². The second-order valence-corrected chi connectivity index (χ2v) is 10.7. The lowest BCUT2D eigenvalue weighted by Gasteiger charge is -2.26. The fraction of sp³-hybridized carbons (Fsp3) is 0.350. The minimum absolute atomic E-state index is 0.0154. The summed E-state index contributed by atoms with van der Waals surface area (Å²) in [6.45, 7) is 2.43. The Bertz CT molecular complexity index is 1210. The molecule has 1 aliphatic heterocycles. The molecule has 1 aliphatic rings. The first-order valence-electron chi connectivity index (χ1n) is 9.58. The lowest BCUT2D eigenvalue weighted by Crippen LogP contribution is -2.36. The molecule has 0 bridgehead atoms. The third kappa shape index (κ3) is 4.89. The predicted molar refractivity (Wildman–Crippen MR) is 112 cm³/mol. The van der Waals surface area contributed by atoms with Crippen molar-refractivity contribution in [2.45, 2.75) is 36.0 Å². The SMILES string of the molecule is COC(=O)c1ccc(F)c(S(=O)(=O)Nc2ccc(C)c(S(=O)(=O)N3CCCCC3)c2)c1. The first-order chi connectivity index (χ1) is 14.6. The number of carbonyl (C=O) groups is 1. The normalized spacial score (nSPS) is 15.5. The second-order valence-electron chi connectivity index (χ2n) is 7.19. The molecule has 168 valence electrons. The maximum absolute atomic E-state index is 14.2. The summed E-state index contributed by atoms with van der Waals surface area (Å²) >= 11 is 0. The Morgan fingerprint density at radius 1 is 1.00 bits per heavy atom. The smallest absolute Gasteiger partial charge is 0.337 e. The highest BCUT2D eigenvalue weighted by Crippen LogP contribution is 2.28. The highest BCUT2D eigenvalue weighted by atomic mass is 32.2. The molecule has 0 radical (unpaired) electrons. The van der Waals surface area contributed by atoms with Gasteiger partial charge in [0.15, 0.2) is 0 Å². The van der Waals surface area contributed by atoms with Crippen molar-refractivity contribution in [3.8, 4) is 0 Å². The van der Waals surface area contributed by atoms with Crippen molar-refractivity contribution in [1.82, 2.24) is 4.31 Å². The first-order valence-corrected chi connectivity index (χ1v) is 12.5. The van der Waals surface area contributed by atoms with Gasteiger partial charge in [-0.3, -0.25) is 4.72 Å². The van der Waals surface area contributed by atoms with Gasteiger partial charge in [0.1, 0.15) is 10.7 Å². The van der Waals surface area contributed by atoms with Crippen LogP contribution in [0.5, 0.6) is 0 Å². The number of rotatable bonds is 6. The van der Waals surface area contributed by atoms with E-state index in [2.05, 4.69) is 9.46 Å². The van der Waals surface area contributed by atoms with Gasteiger partial charge in [-0.05, 0) is 55.7 Å². The number of methoxy groups -OCH3 is 1. The average Bonchev–Trinajstić information content (AvgIpc) is 2.75. The van der Waals surface area contributed by atoms with Crippen LogP contribution in [-0.4, -0.2) is 47.3 Å². The Labute approximate surface area is 181 Å². The van der Waals surface area contributed by atoms with E-state index in [0.717, 1.165) is 44.6 Å². The molecule has 0 aromatic heterocycles. The van der Waals surface area contributed by atoms with Crippen molar-refractivity contribution in [2.75, 3.05) is 24.9 Å². The van der Waals surface area contributed by atoms with Crippen LogP contribution in [0.3, 0.4) is 0 Å². The molecular weight excluding hydrogens is 447 g/mol. The van der Waals surface area contributed by atoms with Gasteiger partial charge in [0, 0.05) is 13.1 Å². The van der Waals surface area contributed by atoms with Crippen LogP contribution in [0.4, 0.5) is 10.1 Å². The van der Waals surface area contributed by atoms with Crippen LogP contribution in [0, 0.1) is 12.7 Å². The number of ether oxygens (including phenoxy) is 1. The lowest BCUT2D eigenvalue weighted by molar-refractivity contribution is 0.0600. The fourth-order valence-electron chi connectivity index (χ4n) is 3.35. The van der Waals surface area contributed by atoms with Gasteiger partial charge in [-0.2, -0.15) is 4.31 Å². The lowest BCUT2D eigenvalue weighted by atomic mass is 10.2. The van der Waals surface area contributed by atoms with Gasteiger partial charge in [0.25, 0.3) is 10.0 Å². The van der Waals surface area contributed by atoms with Crippen LogP contribution in [0.15, 0.2) is 46.2 Å². The van der Waals surface area contributed by atoms with E-state index in [4.69, 9.17) is 0 Å². The summed E-state index contributed by atoms with van der Waals surface area (Å²) in [6.07, 6.45) is 2.49. The van der Waals surface area contributed by atoms with E-state index in [1.54, 1.807) is 6.92 Å². The number of aryl methyl sites for hydroxylation is 1. The Morgan fingerprint density at radius 3 is 2.32 bits per heavy atom. The summed E-state index contributed by atoms with van der Waals surface area (Å²) in [6, 6.07) is 6.92. The van der Waals surface area contributed by atoms with Crippen LogP contribution < -0.4 is 4.72 Å². The Kier molecular flexibility index (Phi) is 6.68. The molecular formula is C20H23FN2O6S2. The quantitative estimate of drug-likeness (QED) is 0.650. The Hall–Kier alpha value is -2.50. The minimum atomic E-state index is -4.45. The molecule has 0 spiro atoms. The van der Waals surface area contributed by atoms with Crippen molar-refractivity contribution in [3.63, 3.8) is 0 Å². The van der Waals surface area contributed by atoms with E-state index < -0.39 is 36.7 Å². The van der Waals surface area contributed by atoms with Gasteiger partial charge < -0.3 is 4.74 Å². The fourth-order valence-corrected chi connectivity index (χ4v) is 6.27. The number of hydrogen-bond donors (Lipinski definition) is 1. The largest absolute Gasteiger partial charge is 0.465 e. The van der Waals surface area contributed by atoms with Crippen molar-refractivity contribution in [3.05, 3.63) is 53.3 Å². The van der Waals surface area contributed by atoms with Crippen molar-refractivity contribution >= 4 is 31.7 Å². The summed E-state index contributed by atoms with van der Waals surface area (Å²) in [5.74, 6) is -1.88. The first kappa shape index (κ1) is 23.2. The molecule has 1 fully saturated rings. The van der Waals surface area contributed by atoms with Crippen molar-refractivity contribution < 1.29 is 30.8 Å². The molecule has 0 unspecified atom stereocenters. The molecule has 1 saturated heterocycles. The van der Waals surface area contributed by atoms with Crippen LogP contribution >= 0.6 is 0 Å². The standard InChI is InChI=1S/C20H23FN2O6S2/c1-14-6-8-16(13-18(14)31(27,28)23-10-4-3-5-11-23)22-30(25,26)19-12-15(20(24)29-2)7-9-17(19)21/h6-9,12-13,22H,3-5,10-11H2,1-2H3.